The predicted molar refractivity (Wildman–Crippen MR) is 95.5 cm³/mol. The van der Waals surface area contributed by atoms with Gasteiger partial charge in [-0.05, 0) is 42.9 Å². The molecule has 0 aromatic heterocycles. The highest BCUT2D eigenvalue weighted by Crippen LogP contribution is 2.52. The van der Waals surface area contributed by atoms with Crippen LogP contribution in [0.1, 0.15) is 43.9 Å². The topological polar surface area (TPSA) is 107 Å². The van der Waals surface area contributed by atoms with Crippen molar-refractivity contribution in [3.05, 3.63) is 47.0 Å². The Morgan fingerprint density at radius 2 is 1.66 bits per heavy atom. The van der Waals surface area contributed by atoms with E-state index in [0.29, 0.717) is 6.42 Å². The quantitative estimate of drug-likeness (QED) is 0.243. The van der Waals surface area contributed by atoms with Crippen molar-refractivity contribution in [3.63, 3.8) is 0 Å². The number of hydrogen-bond donors (Lipinski definition) is 0. The number of carbonyl (C=O) groups is 5. The Bertz CT molecular complexity index is 980. The van der Waals surface area contributed by atoms with Crippen LogP contribution in [0.3, 0.4) is 0 Å². The number of imide groups is 1. The molecule has 1 saturated heterocycles. The van der Waals surface area contributed by atoms with Crippen molar-refractivity contribution >= 4 is 29.7 Å². The van der Waals surface area contributed by atoms with E-state index in [1.807, 2.05) is 12.2 Å². The second-order valence-corrected chi connectivity index (χ2v) is 7.75. The Hall–Kier alpha value is -3.29. The normalized spacial score (nSPS) is 28.8. The monoisotopic (exact) mass is 395 g/mol. The van der Waals surface area contributed by atoms with Crippen LogP contribution in [-0.2, 0) is 19.1 Å². The second kappa shape index (κ2) is 6.37. The Morgan fingerprint density at radius 1 is 1.00 bits per heavy atom. The van der Waals surface area contributed by atoms with Crippen LogP contribution >= 0.6 is 0 Å². The van der Waals surface area contributed by atoms with Gasteiger partial charge in [0.15, 0.2) is 0 Å². The predicted octanol–water partition coefficient (Wildman–Crippen LogP) is 1.35. The van der Waals surface area contributed by atoms with Gasteiger partial charge in [0.05, 0.1) is 35.1 Å². The number of carbonyl (C=O) groups excluding carboxylic acids is 5. The molecule has 0 radical (unpaired) electrons. The van der Waals surface area contributed by atoms with Crippen molar-refractivity contribution in [1.29, 1.82) is 0 Å². The van der Waals surface area contributed by atoms with Crippen molar-refractivity contribution in [2.75, 3.05) is 13.2 Å². The first-order chi connectivity index (χ1) is 14.0. The standard InChI is InChI=1S/C21H17NO7/c23-17-15-10-2-3-11(8-10)16(15)18(24)22(17)6-1-7-28-19(25)12-4-5-13-14(9-12)21(27)29-20(13)26/h2-5,9-11,15-16H,1,6-8H2. The lowest BCUT2D eigenvalue weighted by atomic mass is 9.85. The highest BCUT2D eigenvalue weighted by atomic mass is 16.6. The third-order valence-electron chi connectivity index (χ3n) is 6.20. The van der Waals surface area contributed by atoms with Gasteiger partial charge in [-0.3, -0.25) is 14.5 Å². The molecule has 5 rings (SSSR count). The van der Waals surface area contributed by atoms with Crippen LogP contribution in [0.4, 0.5) is 0 Å². The number of benzene rings is 1. The zero-order valence-corrected chi connectivity index (χ0v) is 15.3. The summed E-state index contributed by atoms with van der Waals surface area (Å²) in [6.07, 6.45) is 5.31. The Kier molecular flexibility index (Phi) is 3.90. The molecule has 4 aliphatic rings. The number of likely N-dealkylation sites (tertiary alicyclic amines) is 1. The number of cyclic esters (lactones) is 2. The van der Waals surface area contributed by atoms with Gasteiger partial charge in [0, 0.05) is 6.54 Å². The zero-order chi connectivity index (χ0) is 20.3. The van der Waals surface area contributed by atoms with Gasteiger partial charge < -0.3 is 9.47 Å². The van der Waals surface area contributed by atoms with E-state index in [1.165, 1.54) is 23.1 Å². The number of fused-ring (bicyclic) bond motifs is 6. The van der Waals surface area contributed by atoms with Gasteiger partial charge in [0.1, 0.15) is 0 Å². The summed E-state index contributed by atoms with van der Waals surface area (Å²) >= 11 is 0. The lowest BCUT2D eigenvalue weighted by Gasteiger charge is -2.17. The highest BCUT2D eigenvalue weighted by Gasteiger charge is 2.58. The molecule has 8 heteroatoms. The van der Waals surface area contributed by atoms with E-state index < -0.39 is 17.9 Å². The van der Waals surface area contributed by atoms with Gasteiger partial charge in [-0.1, -0.05) is 12.2 Å². The van der Waals surface area contributed by atoms with Gasteiger partial charge in [-0.15, -0.1) is 0 Å². The number of hydrogen-bond acceptors (Lipinski definition) is 7. The first-order valence-electron chi connectivity index (χ1n) is 9.57. The van der Waals surface area contributed by atoms with Crippen LogP contribution < -0.4 is 0 Å². The number of ether oxygens (including phenoxy) is 2. The second-order valence-electron chi connectivity index (χ2n) is 7.75. The molecule has 2 aliphatic heterocycles. The summed E-state index contributed by atoms with van der Waals surface area (Å²) in [5, 5.41) is 0. The minimum atomic E-state index is -0.792. The molecular formula is C21H17NO7. The van der Waals surface area contributed by atoms with E-state index in [2.05, 4.69) is 4.74 Å². The van der Waals surface area contributed by atoms with E-state index >= 15 is 0 Å². The molecule has 0 spiro atoms. The number of amides is 2. The molecule has 2 aliphatic carbocycles. The molecule has 4 unspecified atom stereocenters. The van der Waals surface area contributed by atoms with E-state index in [4.69, 9.17) is 4.74 Å². The van der Waals surface area contributed by atoms with Gasteiger partial charge >= 0.3 is 17.9 Å². The summed E-state index contributed by atoms with van der Waals surface area (Å²) in [7, 11) is 0. The molecule has 8 nitrogen and oxygen atoms in total. The summed E-state index contributed by atoms with van der Waals surface area (Å²) in [5.41, 5.74) is 0.278. The molecule has 4 atom stereocenters. The highest BCUT2D eigenvalue weighted by molar-refractivity contribution is 6.15. The molecule has 1 aromatic rings. The van der Waals surface area contributed by atoms with Crippen LogP contribution in [0.25, 0.3) is 0 Å². The van der Waals surface area contributed by atoms with E-state index in [1.54, 1.807) is 0 Å². The average Bonchev–Trinajstić information content (AvgIpc) is 3.44. The smallest absolute Gasteiger partial charge is 0.346 e. The molecule has 148 valence electrons. The Morgan fingerprint density at radius 3 is 2.34 bits per heavy atom. The molecule has 2 amide bonds. The first kappa shape index (κ1) is 17.8. The maximum Gasteiger partial charge on any atom is 0.346 e. The fraction of sp³-hybridized carbons (Fsp3) is 0.381. The van der Waals surface area contributed by atoms with Gasteiger partial charge in [-0.2, -0.15) is 0 Å². The Labute approximate surface area is 165 Å². The van der Waals surface area contributed by atoms with Crippen LogP contribution in [0.15, 0.2) is 30.4 Å². The average molecular weight is 395 g/mol. The maximum absolute atomic E-state index is 12.6. The SMILES string of the molecule is O=C(OCCCN1C(=O)C2C3C=CC(C3)C2C1=O)c1ccc2c(c1)C(=O)OC2=O. The zero-order valence-electron chi connectivity index (χ0n) is 15.3. The molecule has 0 N–H and O–H groups in total. The lowest BCUT2D eigenvalue weighted by Crippen LogP contribution is -2.34. The van der Waals surface area contributed by atoms with Crippen LogP contribution in [0.5, 0.6) is 0 Å². The largest absolute Gasteiger partial charge is 0.462 e. The summed E-state index contributed by atoms with van der Waals surface area (Å²) < 4.78 is 9.68. The van der Waals surface area contributed by atoms with Crippen LogP contribution in [0, 0.1) is 23.7 Å². The third kappa shape index (κ3) is 2.62. The van der Waals surface area contributed by atoms with Gasteiger partial charge in [0.2, 0.25) is 11.8 Å². The van der Waals surface area contributed by atoms with E-state index in [0.717, 1.165) is 6.42 Å². The fourth-order valence-corrected chi connectivity index (χ4v) is 4.87. The van der Waals surface area contributed by atoms with Crippen molar-refractivity contribution in [1.82, 2.24) is 4.90 Å². The van der Waals surface area contributed by atoms with Crippen molar-refractivity contribution in [2.24, 2.45) is 23.7 Å². The van der Waals surface area contributed by atoms with Crippen molar-refractivity contribution < 1.29 is 33.4 Å². The number of esters is 3. The van der Waals surface area contributed by atoms with Gasteiger partial charge in [0.25, 0.3) is 0 Å². The number of rotatable bonds is 5. The minimum Gasteiger partial charge on any atom is -0.462 e. The number of nitrogens with zero attached hydrogens (tertiary/aromatic N) is 1. The maximum atomic E-state index is 12.6. The van der Waals surface area contributed by atoms with Crippen molar-refractivity contribution in [3.8, 4) is 0 Å². The van der Waals surface area contributed by atoms with E-state index in [9.17, 15) is 24.0 Å². The summed E-state index contributed by atoms with van der Waals surface area (Å²) in [6.45, 7) is 0.235. The molecule has 2 fully saturated rings. The number of allylic oxidation sites excluding steroid dienone is 2. The molecule has 1 saturated carbocycles. The van der Waals surface area contributed by atoms with Crippen LogP contribution in [-0.4, -0.2) is 47.8 Å². The first-order valence-corrected chi connectivity index (χ1v) is 9.57. The summed E-state index contributed by atoms with van der Waals surface area (Å²) in [5.74, 6) is -2.54. The molecule has 1 aromatic carbocycles. The van der Waals surface area contributed by atoms with Crippen LogP contribution in [0.2, 0.25) is 0 Å². The molecular weight excluding hydrogens is 378 g/mol. The minimum absolute atomic E-state index is 0.0246. The summed E-state index contributed by atoms with van der Waals surface area (Å²) in [4.78, 5) is 61.7. The molecule has 29 heavy (non-hydrogen) atoms. The Balaban J connectivity index is 1.16. The van der Waals surface area contributed by atoms with Crippen molar-refractivity contribution in [2.45, 2.75) is 12.8 Å². The molecule has 2 heterocycles. The van der Waals surface area contributed by atoms with Gasteiger partial charge in [-0.25, -0.2) is 14.4 Å². The fourth-order valence-electron chi connectivity index (χ4n) is 4.87. The summed E-state index contributed by atoms with van der Waals surface area (Å²) in [6, 6.07) is 4.00. The molecule has 2 bridgehead atoms. The van der Waals surface area contributed by atoms with E-state index in [-0.39, 0.29) is 65.3 Å². The third-order valence-corrected chi connectivity index (χ3v) is 6.20. The lowest BCUT2D eigenvalue weighted by molar-refractivity contribution is -0.140.